The third kappa shape index (κ3) is 4.52. The molecule has 34 heavy (non-hydrogen) atoms. The zero-order valence-electron chi connectivity index (χ0n) is 18.9. The number of aryl methyl sites for hydroxylation is 1. The number of methoxy groups -OCH3 is 1. The number of carbonyl (C=O) groups excluding carboxylic acids is 1. The van der Waals surface area contributed by atoms with Crippen LogP contribution in [0.3, 0.4) is 0 Å². The van der Waals surface area contributed by atoms with Gasteiger partial charge in [0.15, 0.2) is 11.5 Å². The van der Waals surface area contributed by atoms with Crippen molar-refractivity contribution in [2.45, 2.75) is 45.4 Å². The highest BCUT2D eigenvalue weighted by atomic mass is 16.5. The highest BCUT2D eigenvalue weighted by Gasteiger charge is 2.18. The lowest BCUT2D eigenvalue weighted by Gasteiger charge is -2.12. The van der Waals surface area contributed by atoms with Crippen molar-refractivity contribution < 1.29 is 14.3 Å². The van der Waals surface area contributed by atoms with E-state index in [0.29, 0.717) is 23.7 Å². The number of ether oxygens (including phenoxy) is 2. The Bertz CT molecular complexity index is 1350. The fourth-order valence-electron chi connectivity index (χ4n) is 4.14. The largest absolute Gasteiger partial charge is 0.493 e. The van der Waals surface area contributed by atoms with Crippen LogP contribution in [-0.4, -0.2) is 36.7 Å². The summed E-state index contributed by atoms with van der Waals surface area (Å²) >= 11 is 0. The topological polar surface area (TPSA) is 105 Å². The fourth-order valence-corrected chi connectivity index (χ4v) is 4.14. The number of fused-ring (bicyclic) bond motifs is 2. The number of amides is 1. The molecule has 0 saturated heterocycles. The minimum Gasteiger partial charge on any atom is -0.493 e. The number of pyridine rings is 1. The normalized spacial score (nSPS) is 13.3. The Morgan fingerprint density at radius 2 is 2.06 bits per heavy atom. The first kappa shape index (κ1) is 21.7. The van der Waals surface area contributed by atoms with E-state index < -0.39 is 0 Å². The maximum atomic E-state index is 12.7. The predicted octanol–water partition coefficient (Wildman–Crippen LogP) is 2.65. The summed E-state index contributed by atoms with van der Waals surface area (Å²) in [7, 11) is 1.56. The lowest BCUT2D eigenvalue weighted by molar-refractivity contribution is -0.117. The van der Waals surface area contributed by atoms with Gasteiger partial charge in [-0.3, -0.25) is 9.36 Å². The summed E-state index contributed by atoms with van der Waals surface area (Å²) in [6.45, 7) is 0.745. The first-order chi connectivity index (χ1) is 16.6. The molecule has 10 heteroatoms. The molecule has 0 spiro atoms. The van der Waals surface area contributed by atoms with Crippen molar-refractivity contribution in [1.82, 2.24) is 23.7 Å². The summed E-state index contributed by atoms with van der Waals surface area (Å²) in [5.74, 6) is 1.42. The Morgan fingerprint density at radius 1 is 1.15 bits per heavy atom. The van der Waals surface area contributed by atoms with Crippen molar-refractivity contribution in [3.05, 3.63) is 70.8 Å². The number of benzene rings is 1. The molecule has 0 aliphatic carbocycles. The van der Waals surface area contributed by atoms with E-state index in [2.05, 4.69) is 15.4 Å². The summed E-state index contributed by atoms with van der Waals surface area (Å²) in [5, 5.41) is 7.19. The van der Waals surface area contributed by atoms with Crippen LogP contribution in [0.4, 0.5) is 5.69 Å². The Labute approximate surface area is 195 Å². The second kappa shape index (κ2) is 9.42. The van der Waals surface area contributed by atoms with E-state index in [1.807, 2.05) is 35.0 Å². The molecule has 0 atom stereocenters. The van der Waals surface area contributed by atoms with Gasteiger partial charge < -0.3 is 19.2 Å². The van der Waals surface area contributed by atoms with Gasteiger partial charge in [-0.15, -0.1) is 0 Å². The molecule has 0 radical (unpaired) electrons. The van der Waals surface area contributed by atoms with Crippen LogP contribution in [0.5, 0.6) is 11.5 Å². The van der Waals surface area contributed by atoms with E-state index in [0.717, 1.165) is 42.8 Å². The summed E-state index contributed by atoms with van der Waals surface area (Å²) < 4.78 is 16.2. The monoisotopic (exact) mass is 462 g/mol. The zero-order valence-corrected chi connectivity index (χ0v) is 18.9. The number of hydrogen-bond acceptors (Lipinski definition) is 6. The molecule has 4 heterocycles. The van der Waals surface area contributed by atoms with Crippen LogP contribution in [-0.2, 0) is 30.9 Å². The average molecular weight is 463 g/mol. The molecule has 0 fully saturated rings. The van der Waals surface area contributed by atoms with Crippen LogP contribution in [0, 0.1) is 0 Å². The van der Waals surface area contributed by atoms with Crippen LogP contribution in [0.1, 0.15) is 30.8 Å². The van der Waals surface area contributed by atoms with Crippen LogP contribution in [0.15, 0.2) is 53.6 Å². The second-order valence-corrected chi connectivity index (χ2v) is 8.22. The van der Waals surface area contributed by atoms with Gasteiger partial charge in [-0.25, -0.2) is 14.5 Å². The number of carbonyl (C=O) groups is 1. The third-order valence-corrected chi connectivity index (χ3v) is 5.81. The third-order valence-electron chi connectivity index (χ3n) is 5.81. The first-order valence-corrected chi connectivity index (χ1v) is 11.3. The molecule has 10 nitrogen and oxygen atoms in total. The van der Waals surface area contributed by atoms with E-state index in [9.17, 15) is 9.59 Å². The molecule has 176 valence electrons. The number of rotatable bonds is 7. The van der Waals surface area contributed by atoms with E-state index in [1.54, 1.807) is 29.9 Å². The molecule has 1 amide bonds. The van der Waals surface area contributed by atoms with Gasteiger partial charge in [0.2, 0.25) is 5.91 Å². The molecule has 5 rings (SSSR count). The Hall–Kier alpha value is -4.08. The highest BCUT2D eigenvalue weighted by Crippen LogP contribution is 2.31. The van der Waals surface area contributed by atoms with Gasteiger partial charge in [0.05, 0.1) is 12.8 Å². The number of imidazole rings is 1. The molecule has 1 N–H and O–H groups in total. The number of hydrogen-bond donors (Lipinski definition) is 1. The lowest BCUT2D eigenvalue weighted by atomic mass is 10.2. The van der Waals surface area contributed by atoms with Crippen molar-refractivity contribution in [2.24, 2.45) is 0 Å². The van der Waals surface area contributed by atoms with Crippen LogP contribution in [0.25, 0.3) is 5.65 Å². The van der Waals surface area contributed by atoms with Crippen LogP contribution >= 0.6 is 0 Å². The summed E-state index contributed by atoms with van der Waals surface area (Å²) in [4.78, 5) is 29.8. The van der Waals surface area contributed by atoms with Gasteiger partial charge in [0, 0.05) is 37.1 Å². The summed E-state index contributed by atoms with van der Waals surface area (Å²) in [5.41, 5.74) is 1.89. The van der Waals surface area contributed by atoms with E-state index in [4.69, 9.17) is 9.47 Å². The maximum Gasteiger partial charge on any atom is 0.346 e. The maximum absolute atomic E-state index is 12.7. The van der Waals surface area contributed by atoms with Crippen LogP contribution < -0.4 is 20.5 Å². The molecule has 1 aliphatic rings. The predicted molar refractivity (Wildman–Crippen MR) is 125 cm³/mol. The second-order valence-electron chi connectivity index (χ2n) is 8.22. The van der Waals surface area contributed by atoms with Gasteiger partial charge >= 0.3 is 5.69 Å². The smallest absolute Gasteiger partial charge is 0.346 e. The SMILES string of the molecule is COc1ccc(NC(=O)Cn2nc3n(c2=O)CCCCC3)cc1OCc1cn2ccccc2n1. The molecular weight excluding hydrogens is 436 g/mol. The van der Waals surface area contributed by atoms with Crippen molar-refractivity contribution in [1.29, 1.82) is 0 Å². The van der Waals surface area contributed by atoms with Gasteiger partial charge in [-0.1, -0.05) is 12.5 Å². The number of aromatic nitrogens is 5. The minimum atomic E-state index is -0.341. The van der Waals surface area contributed by atoms with Gasteiger partial charge in [-0.05, 0) is 37.1 Å². The number of anilines is 1. The minimum absolute atomic E-state index is 0.150. The fraction of sp³-hybridized carbons (Fsp3) is 0.333. The standard InChI is InChI=1S/C24H26N6O4/c1-33-19-10-9-17(13-20(19)34-16-18-14-28-11-6-4-7-21(28)25-18)26-23(31)15-30-24(32)29-12-5-2-3-8-22(29)27-30/h4,6-7,9-11,13-14H,2-3,5,8,12,15-16H2,1H3,(H,26,31). The van der Waals surface area contributed by atoms with E-state index in [1.165, 1.54) is 4.68 Å². The molecule has 4 aromatic rings. The van der Waals surface area contributed by atoms with E-state index >= 15 is 0 Å². The lowest BCUT2D eigenvalue weighted by Crippen LogP contribution is -2.30. The quantitative estimate of drug-likeness (QED) is 0.453. The van der Waals surface area contributed by atoms with Gasteiger partial charge in [0.25, 0.3) is 0 Å². The van der Waals surface area contributed by atoms with Crippen LogP contribution in [0.2, 0.25) is 0 Å². The van der Waals surface area contributed by atoms with Crippen molar-refractivity contribution >= 4 is 17.2 Å². The van der Waals surface area contributed by atoms with E-state index in [-0.39, 0.29) is 24.7 Å². The molecule has 1 aromatic carbocycles. The highest BCUT2D eigenvalue weighted by molar-refractivity contribution is 5.90. The molecule has 1 aliphatic heterocycles. The Kier molecular flexibility index (Phi) is 6.03. The average Bonchev–Trinajstić information content (AvgIpc) is 3.28. The molecule has 0 bridgehead atoms. The summed E-state index contributed by atoms with van der Waals surface area (Å²) in [6, 6.07) is 10.9. The summed E-state index contributed by atoms with van der Waals surface area (Å²) in [6.07, 6.45) is 7.63. The molecule has 0 unspecified atom stereocenters. The Morgan fingerprint density at radius 3 is 2.91 bits per heavy atom. The number of nitrogens with zero attached hydrogens (tertiary/aromatic N) is 5. The molecule has 3 aromatic heterocycles. The van der Waals surface area contributed by atoms with Gasteiger partial charge in [0.1, 0.15) is 24.6 Å². The zero-order chi connectivity index (χ0) is 23.5. The van der Waals surface area contributed by atoms with Crippen molar-refractivity contribution in [2.75, 3.05) is 12.4 Å². The first-order valence-electron chi connectivity index (χ1n) is 11.3. The van der Waals surface area contributed by atoms with Crippen molar-refractivity contribution in [3.63, 3.8) is 0 Å². The molecular formula is C24H26N6O4. The van der Waals surface area contributed by atoms with Crippen molar-refractivity contribution in [3.8, 4) is 11.5 Å². The number of nitrogens with one attached hydrogen (secondary N) is 1. The molecule has 0 saturated carbocycles. The van der Waals surface area contributed by atoms with Gasteiger partial charge in [-0.2, -0.15) is 5.10 Å². The Balaban J connectivity index is 1.27.